The highest BCUT2D eigenvalue weighted by atomic mass is 32.2. The first kappa shape index (κ1) is 15.9. The van der Waals surface area contributed by atoms with Crippen LogP contribution in [0.3, 0.4) is 0 Å². The molecule has 0 spiro atoms. The maximum Gasteiger partial charge on any atom is 0.240 e. The van der Waals surface area contributed by atoms with Gasteiger partial charge in [0, 0.05) is 13.1 Å². The first-order valence-corrected chi connectivity index (χ1v) is 8.58. The number of benzene rings is 1. The molecule has 0 saturated heterocycles. The Morgan fingerprint density at radius 3 is 2.52 bits per heavy atom. The van der Waals surface area contributed by atoms with Gasteiger partial charge in [0.2, 0.25) is 15.9 Å². The number of amides is 1. The minimum atomic E-state index is -3.50. The fraction of sp³-hybridized carbons (Fsp3) is 0.500. The molecule has 7 heteroatoms. The maximum absolute atomic E-state index is 11.9. The van der Waals surface area contributed by atoms with Crippen LogP contribution in [0.4, 0.5) is 0 Å². The van der Waals surface area contributed by atoms with Gasteiger partial charge in [0.15, 0.2) is 0 Å². The van der Waals surface area contributed by atoms with E-state index in [9.17, 15) is 13.2 Å². The topological polar surface area (TPSA) is 87.3 Å². The average Bonchev–Trinajstić information content (AvgIpc) is 3.29. The van der Waals surface area contributed by atoms with Crippen molar-refractivity contribution in [2.45, 2.75) is 17.7 Å². The van der Waals surface area contributed by atoms with Crippen molar-refractivity contribution in [2.75, 3.05) is 26.2 Å². The molecule has 0 radical (unpaired) electrons. The Bertz CT molecular complexity index is 556. The third-order valence-corrected chi connectivity index (χ3v) is 4.69. The molecule has 0 aliphatic heterocycles. The molecule has 1 amide bonds. The maximum atomic E-state index is 11.9. The highest BCUT2D eigenvalue weighted by molar-refractivity contribution is 7.89. The number of sulfonamides is 1. The summed E-state index contributed by atoms with van der Waals surface area (Å²) >= 11 is 0. The van der Waals surface area contributed by atoms with E-state index in [0.717, 1.165) is 12.5 Å². The van der Waals surface area contributed by atoms with E-state index in [-0.39, 0.29) is 30.4 Å². The lowest BCUT2D eigenvalue weighted by molar-refractivity contribution is -0.120. The van der Waals surface area contributed by atoms with E-state index in [0.29, 0.717) is 0 Å². The molecule has 1 aromatic rings. The minimum absolute atomic E-state index is 0.116. The van der Waals surface area contributed by atoms with Crippen LogP contribution in [-0.2, 0) is 14.8 Å². The van der Waals surface area contributed by atoms with Crippen molar-refractivity contribution < 1.29 is 13.2 Å². The van der Waals surface area contributed by atoms with Crippen molar-refractivity contribution in [2.24, 2.45) is 5.92 Å². The third-order valence-electron chi connectivity index (χ3n) is 3.21. The summed E-state index contributed by atoms with van der Waals surface area (Å²) in [6.45, 7) is 1.61. The predicted molar refractivity (Wildman–Crippen MR) is 80.2 cm³/mol. The van der Waals surface area contributed by atoms with Crippen LogP contribution < -0.4 is 15.4 Å². The Balaban J connectivity index is 1.61. The van der Waals surface area contributed by atoms with E-state index in [4.69, 9.17) is 0 Å². The molecule has 0 bridgehead atoms. The van der Waals surface area contributed by atoms with Gasteiger partial charge in [-0.2, -0.15) is 0 Å². The van der Waals surface area contributed by atoms with Gasteiger partial charge in [0.1, 0.15) is 0 Å². The molecule has 1 aliphatic rings. The van der Waals surface area contributed by atoms with Crippen LogP contribution in [0.15, 0.2) is 35.2 Å². The average molecular weight is 311 g/mol. The van der Waals surface area contributed by atoms with Crippen LogP contribution in [0.25, 0.3) is 0 Å². The van der Waals surface area contributed by atoms with Crippen molar-refractivity contribution >= 4 is 15.9 Å². The Morgan fingerprint density at radius 2 is 1.86 bits per heavy atom. The first-order chi connectivity index (χ1) is 10.1. The largest absolute Gasteiger partial charge is 0.354 e. The summed E-state index contributed by atoms with van der Waals surface area (Å²) in [5, 5.41) is 5.75. The number of hydrogen-bond acceptors (Lipinski definition) is 4. The van der Waals surface area contributed by atoms with Gasteiger partial charge >= 0.3 is 0 Å². The first-order valence-electron chi connectivity index (χ1n) is 7.10. The van der Waals surface area contributed by atoms with E-state index in [1.807, 2.05) is 0 Å². The number of carbonyl (C=O) groups is 1. The lowest BCUT2D eigenvalue weighted by Crippen LogP contribution is -2.39. The summed E-state index contributed by atoms with van der Waals surface area (Å²) in [7, 11) is -3.50. The molecular weight excluding hydrogens is 290 g/mol. The van der Waals surface area contributed by atoms with Crippen LogP contribution >= 0.6 is 0 Å². The van der Waals surface area contributed by atoms with E-state index in [1.165, 1.54) is 25.0 Å². The number of hydrogen-bond donors (Lipinski definition) is 3. The van der Waals surface area contributed by atoms with Crippen LogP contribution in [0.1, 0.15) is 12.8 Å². The summed E-state index contributed by atoms with van der Waals surface area (Å²) in [5.74, 6) is 0.616. The Morgan fingerprint density at radius 1 is 1.14 bits per heavy atom. The zero-order chi connectivity index (χ0) is 15.1. The molecule has 1 fully saturated rings. The predicted octanol–water partition coefficient (Wildman–Crippen LogP) is 0.0807. The van der Waals surface area contributed by atoms with Gasteiger partial charge in [-0.05, 0) is 37.4 Å². The molecule has 116 valence electrons. The SMILES string of the molecule is O=C(CNCC1CC1)NCCNS(=O)(=O)c1ccccc1. The molecule has 0 heterocycles. The Kier molecular flexibility index (Phi) is 5.72. The summed E-state index contributed by atoms with van der Waals surface area (Å²) in [5.41, 5.74) is 0. The monoisotopic (exact) mass is 311 g/mol. The van der Waals surface area contributed by atoms with Gasteiger partial charge in [-0.25, -0.2) is 13.1 Å². The normalized spacial score (nSPS) is 14.9. The highest BCUT2D eigenvalue weighted by Crippen LogP contribution is 2.27. The van der Waals surface area contributed by atoms with Crippen molar-refractivity contribution in [3.05, 3.63) is 30.3 Å². The molecule has 21 heavy (non-hydrogen) atoms. The second-order valence-corrected chi connectivity index (χ2v) is 6.90. The highest BCUT2D eigenvalue weighted by Gasteiger charge is 2.20. The van der Waals surface area contributed by atoms with Crippen molar-refractivity contribution in [3.63, 3.8) is 0 Å². The lowest BCUT2D eigenvalue weighted by atomic mass is 10.4. The second kappa shape index (κ2) is 7.53. The Hall–Kier alpha value is -1.44. The van der Waals surface area contributed by atoms with Gasteiger partial charge in [0.25, 0.3) is 0 Å². The van der Waals surface area contributed by atoms with Crippen LogP contribution in [0.2, 0.25) is 0 Å². The quantitative estimate of drug-likeness (QED) is 0.564. The van der Waals surface area contributed by atoms with E-state index in [2.05, 4.69) is 15.4 Å². The van der Waals surface area contributed by atoms with Gasteiger partial charge < -0.3 is 10.6 Å². The molecule has 1 aliphatic carbocycles. The molecule has 0 unspecified atom stereocenters. The number of nitrogens with one attached hydrogen (secondary N) is 3. The van der Waals surface area contributed by atoms with Gasteiger partial charge in [-0.1, -0.05) is 18.2 Å². The molecule has 3 N–H and O–H groups in total. The van der Waals surface area contributed by atoms with E-state index >= 15 is 0 Å². The second-order valence-electron chi connectivity index (χ2n) is 5.14. The lowest BCUT2D eigenvalue weighted by Gasteiger charge is -2.08. The standard InChI is InChI=1S/C14H21N3O3S/c18-14(11-15-10-12-6-7-12)16-8-9-17-21(19,20)13-4-2-1-3-5-13/h1-5,12,15,17H,6-11H2,(H,16,18). The number of carbonyl (C=O) groups excluding carboxylic acids is 1. The van der Waals surface area contributed by atoms with Gasteiger partial charge in [-0.3, -0.25) is 4.79 Å². The van der Waals surface area contributed by atoms with E-state index < -0.39 is 10.0 Å². The molecule has 6 nitrogen and oxygen atoms in total. The molecule has 1 saturated carbocycles. The zero-order valence-corrected chi connectivity index (χ0v) is 12.7. The van der Waals surface area contributed by atoms with E-state index in [1.54, 1.807) is 18.2 Å². The van der Waals surface area contributed by atoms with Crippen LogP contribution in [0.5, 0.6) is 0 Å². The van der Waals surface area contributed by atoms with Crippen molar-refractivity contribution in [3.8, 4) is 0 Å². The molecule has 2 rings (SSSR count). The molecular formula is C14H21N3O3S. The van der Waals surface area contributed by atoms with Crippen LogP contribution in [-0.4, -0.2) is 40.5 Å². The zero-order valence-electron chi connectivity index (χ0n) is 11.8. The summed E-state index contributed by atoms with van der Waals surface area (Å²) in [4.78, 5) is 11.7. The van der Waals surface area contributed by atoms with Crippen LogP contribution in [0, 0.1) is 5.92 Å². The van der Waals surface area contributed by atoms with Crippen molar-refractivity contribution in [1.29, 1.82) is 0 Å². The van der Waals surface area contributed by atoms with Gasteiger partial charge in [-0.15, -0.1) is 0 Å². The number of rotatable bonds is 9. The molecule has 1 aromatic carbocycles. The summed E-state index contributed by atoms with van der Waals surface area (Å²) in [6, 6.07) is 8.16. The fourth-order valence-electron chi connectivity index (χ4n) is 1.84. The van der Waals surface area contributed by atoms with Gasteiger partial charge in [0.05, 0.1) is 11.4 Å². The van der Waals surface area contributed by atoms with Crippen molar-refractivity contribution in [1.82, 2.24) is 15.4 Å². The minimum Gasteiger partial charge on any atom is -0.354 e. The molecule has 0 aromatic heterocycles. The smallest absolute Gasteiger partial charge is 0.240 e. The third kappa shape index (κ3) is 5.82. The summed E-state index contributed by atoms with van der Waals surface area (Å²) in [6.07, 6.45) is 2.49. The Labute approximate surface area is 125 Å². The molecule has 0 atom stereocenters. The fourth-order valence-corrected chi connectivity index (χ4v) is 2.90. The summed E-state index contributed by atoms with van der Waals surface area (Å²) < 4.78 is 26.2.